The maximum absolute atomic E-state index is 11.4. The monoisotopic (exact) mass is 290 g/mol. The number of halogens is 2. The molecule has 1 aromatic rings. The molecule has 0 aromatic heterocycles. The van der Waals surface area contributed by atoms with Gasteiger partial charge < -0.3 is 10.2 Å². The Morgan fingerprint density at radius 3 is 2.44 bits per heavy atom. The Bertz CT molecular complexity index is 473. The van der Waals surface area contributed by atoms with Crippen molar-refractivity contribution in [2.24, 2.45) is 0 Å². The van der Waals surface area contributed by atoms with Gasteiger partial charge in [0.05, 0.1) is 0 Å². The maximum Gasteiger partial charge on any atom is 0.337 e. The molecule has 98 valence electrons. The zero-order valence-corrected chi connectivity index (χ0v) is 11.1. The number of ketones is 1. The third-order valence-electron chi connectivity index (χ3n) is 2.51. The summed E-state index contributed by atoms with van der Waals surface area (Å²) in [6.45, 7) is 1.29. The molecule has 0 radical (unpaired) electrons. The molecule has 0 heterocycles. The van der Waals surface area contributed by atoms with Crippen molar-refractivity contribution in [1.29, 1.82) is 0 Å². The lowest BCUT2D eigenvalue weighted by molar-refractivity contribution is -0.147. The highest BCUT2D eigenvalue weighted by Gasteiger charge is 2.26. The van der Waals surface area contributed by atoms with Gasteiger partial charge in [-0.1, -0.05) is 18.2 Å². The Balaban J connectivity index is 3.42. The van der Waals surface area contributed by atoms with Gasteiger partial charge >= 0.3 is 5.97 Å². The van der Waals surface area contributed by atoms with E-state index in [0.29, 0.717) is 5.56 Å². The second-order valence-electron chi connectivity index (χ2n) is 3.77. The SMILES string of the molecule is CC(=O)C(Cl)c1c(CCl)cccc1C(O)C(=O)O. The van der Waals surface area contributed by atoms with E-state index in [-0.39, 0.29) is 22.8 Å². The number of Topliss-reactive ketones (excluding diaryl/α,β-unsaturated/α-hetero) is 1. The summed E-state index contributed by atoms with van der Waals surface area (Å²) >= 11 is 11.7. The Morgan fingerprint density at radius 2 is 2.00 bits per heavy atom. The van der Waals surface area contributed by atoms with Crippen LogP contribution in [0.5, 0.6) is 0 Å². The van der Waals surface area contributed by atoms with E-state index in [1.54, 1.807) is 12.1 Å². The first kappa shape index (κ1) is 15.0. The summed E-state index contributed by atoms with van der Waals surface area (Å²) < 4.78 is 0. The van der Waals surface area contributed by atoms with Gasteiger partial charge in [0.25, 0.3) is 0 Å². The number of hydrogen-bond acceptors (Lipinski definition) is 3. The molecule has 2 atom stereocenters. The topological polar surface area (TPSA) is 74.6 Å². The van der Waals surface area contributed by atoms with Crippen molar-refractivity contribution in [2.45, 2.75) is 24.3 Å². The minimum atomic E-state index is -1.73. The number of aliphatic carboxylic acids is 1. The predicted octanol–water partition coefficient (Wildman–Crippen LogP) is 2.41. The van der Waals surface area contributed by atoms with Gasteiger partial charge in [0.2, 0.25) is 0 Å². The first-order valence-corrected chi connectivity index (χ1v) is 6.10. The highest BCUT2D eigenvalue weighted by molar-refractivity contribution is 6.31. The normalized spacial score (nSPS) is 14.0. The second kappa shape index (κ2) is 6.18. The van der Waals surface area contributed by atoms with Crippen molar-refractivity contribution in [2.75, 3.05) is 0 Å². The number of benzene rings is 1. The van der Waals surface area contributed by atoms with Crippen LogP contribution in [0.3, 0.4) is 0 Å². The van der Waals surface area contributed by atoms with E-state index in [2.05, 4.69) is 0 Å². The van der Waals surface area contributed by atoms with E-state index in [4.69, 9.17) is 28.3 Å². The van der Waals surface area contributed by atoms with Crippen LogP contribution >= 0.6 is 23.2 Å². The highest BCUT2D eigenvalue weighted by atomic mass is 35.5. The summed E-state index contributed by atoms with van der Waals surface area (Å²) in [4.78, 5) is 22.2. The molecule has 0 spiro atoms. The average molecular weight is 291 g/mol. The van der Waals surface area contributed by atoms with E-state index in [1.165, 1.54) is 13.0 Å². The summed E-state index contributed by atoms with van der Waals surface area (Å²) in [7, 11) is 0. The maximum atomic E-state index is 11.4. The zero-order chi connectivity index (χ0) is 13.9. The minimum Gasteiger partial charge on any atom is -0.479 e. The fourth-order valence-corrected chi connectivity index (χ4v) is 2.13. The van der Waals surface area contributed by atoms with E-state index in [1.807, 2.05) is 0 Å². The molecule has 0 aliphatic heterocycles. The van der Waals surface area contributed by atoms with Crippen molar-refractivity contribution in [1.82, 2.24) is 0 Å². The van der Waals surface area contributed by atoms with Gasteiger partial charge in [-0.25, -0.2) is 4.79 Å². The third kappa shape index (κ3) is 3.02. The van der Waals surface area contributed by atoms with Gasteiger partial charge in [-0.2, -0.15) is 0 Å². The largest absolute Gasteiger partial charge is 0.479 e. The number of rotatable bonds is 5. The summed E-state index contributed by atoms with van der Waals surface area (Å²) in [6, 6.07) is 4.62. The summed E-state index contributed by atoms with van der Waals surface area (Å²) in [5.41, 5.74) is 0.900. The Morgan fingerprint density at radius 1 is 1.39 bits per heavy atom. The number of hydrogen-bond donors (Lipinski definition) is 2. The van der Waals surface area contributed by atoms with Crippen LogP contribution in [0.1, 0.15) is 35.1 Å². The molecule has 0 saturated heterocycles. The Kier molecular flexibility index (Phi) is 5.14. The number of carbonyl (C=O) groups is 2. The van der Waals surface area contributed by atoms with Gasteiger partial charge in [-0.05, 0) is 23.6 Å². The molecule has 18 heavy (non-hydrogen) atoms. The number of carbonyl (C=O) groups excluding carboxylic acids is 1. The van der Waals surface area contributed by atoms with Crippen molar-refractivity contribution in [3.63, 3.8) is 0 Å². The molecule has 0 aliphatic carbocycles. The van der Waals surface area contributed by atoms with Gasteiger partial charge in [-0.3, -0.25) is 4.79 Å². The zero-order valence-electron chi connectivity index (χ0n) is 9.56. The summed E-state index contributed by atoms with van der Waals surface area (Å²) in [5, 5.41) is 17.4. The minimum absolute atomic E-state index is 0.0754. The lowest BCUT2D eigenvalue weighted by Gasteiger charge is -2.18. The van der Waals surface area contributed by atoms with Gasteiger partial charge in [-0.15, -0.1) is 23.2 Å². The highest BCUT2D eigenvalue weighted by Crippen LogP contribution is 2.33. The van der Waals surface area contributed by atoms with Crippen molar-refractivity contribution in [3.05, 3.63) is 34.9 Å². The van der Waals surface area contributed by atoms with E-state index in [0.717, 1.165) is 0 Å². The third-order valence-corrected chi connectivity index (χ3v) is 3.33. The molecule has 0 amide bonds. The molecule has 1 rings (SSSR count). The van der Waals surface area contributed by atoms with Crippen LogP contribution in [-0.4, -0.2) is 22.0 Å². The molecule has 1 aromatic carbocycles. The van der Waals surface area contributed by atoms with Crippen LogP contribution in [0.4, 0.5) is 0 Å². The lowest BCUT2D eigenvalue weighted by Crippen LogP contribution is -2.16. The summed E-state index contributed by atoms with van der Waals surface area (Å²) in [5.74, 6) is -1.67. The standard InChI is InChI=1S/C12H12Cl2O4/c1-6(15)10(14)9-7(5-13)3-2-4-8(9)11(16)12(17)18/h2-4,10-11,16H,5H2,1H3,(H,17,18). The van der Waals surface area contributed by atoms with Gasteiger partial charge in [0.15, 0.2) is 11.9 Å². The first-order valence-electron chi connectivity index (χ1n) is 5.13. The Labute approximate surface area is 114 Å². The average Bonchev–Trinajstić information content (AvgIpc) is 2.35. The molecule has 0 fully saturated rings. The number of carboxylic acids is 1. The van der Waals surface area contributed by atoms with E-state index < -0.39 is 17.5 Å². The van der Waals surface area contributed by atoms with Crippen LogP contribution in [-0.2, 0) is 15.5 Å². The summed E-state index contributed by atoms with van der Waals surface area (Å²) in [6.07, 6.45) is -1.73. The fourth-order valence-electron chi connectivity index (χ4n) is 1.63. The molecule has 4 nitrogen and oxygen atoms in total. The molecule has 2 N–H and O–H groups in total. The lowest BCUT2D eigenvalue weighted by atomic mass is 9.94. The number of alkyl halides is 2. The quantitative estimate of drug-likeness (QED) is 0.817. The van der Waals surface area contributed by atoms with Crippen LogP contribution in [0.2, 0.25) is 0 Å². The fraction of sp³-hybridized carbons (Fsp3) is 0.333. The molecular formula is C12H12Cl2O4. The molecule has 2 unspecified atom stereocenters. The van der Waals surface area contributed by atoms with E-state index >= 15 is 0 Å². The smallest absolute Gasteiger partial charge is 0.337 e. The van der Waals surface area contributed by atoms with Crippen LogP contribution in [0.25, 0.3) is 0 Å². The molecule has 0 aliphatic rings. The number of aliphatic hydroxyl groups excluding tert-OH is 1. The van der Waals surface area contributed by atoms with Gasteiger partial charge in [0.1, 0.15) is 5.38 Å². The van der Waals surface area contributed by atoms with Crippen molar-refractivity contribution in [3.8, 4) is 0 Å². The first-order chi connectivity index (χ1) is 8.40. The van der Waals surface area contributed by atoms with Crippen LogP contribution in [0.15, 0.2) is 18.2 Å². The number of carboxylic acid groups (broad SMARTS) is 1. The van der Waals surface area contributed by atoms with E-state index in [9.17, 15) is 14.7 Å². The number of aliphatic hydroxyl groups is 1. The molecule has 6 heteroatoms. The molecule has 0 bridgehead atoms. The Hall–Kier alpha value is -1.10. The van der Waals surface area contributed by atoms with Crippen LogP contribution in [0, 0.1) is 0 Å². The van der Waals surface area contributed by atoms with Crippen molar-refractivity contribution >= 4 is 35.0 Å². The molecule has 0 saturated carbocycles. The predicted molar refractivity (Wildman–Crippen MR) is 67.9 cm³/mol. The van der Waals surface area contributed by atoms with Crippen molar-refractivity contribution < 1.29 is 19.8 Å². The van der Waals surface area contributed by atoms with Crippen LogP contribution < -0.4 is 0 Å². The molecular weight excluding hydrogens is 279 g/mol. The van der Waals surface area contributed by atoms with Gasteiger partial charge in [0, 0.05) is 5.88 Å². The second-order valence-corrected chi connectivity index (χ2v) is 4.47.